The molecule has 2 rings (SSSR count). The van der Waals surface area contributed by atoms with Gasteiger partial charge >= 0.3 is 0 Å². The molecule has 1 saturated heterocycles. The summed E-state index contributed by atoms with van der Waals surface area (Å²) in [4.78, 5) is 14.4. The molecule has 3 nitrogen and oxygen atoms in total. The molecule has 1 aliphatic heterocycles. The van der Waals surface area contributed by atoms with E-state index < -0.39 is 0 Å². The Labute approximate surface area is 109 Å². The van der Waals surface area contributed by atoms with Gasteiger partial charge in [0.05, 0.1) is 6.04 Å². The zero-order valence-electron chi connectivity index (χ0n) is 11.2. The molecule has 3 heteroatoms. The summed E-state index contributed by atoms with van der Waals surface area (Å²) >= 11 is 0. The van der Waals surface area contributed by atoms with Gasteiger partial charge in [-0.2, -0.15) is 0 Å². The second-order valence-corrected chi connectivity index (χ2v) is 5.23. The van der Waals surface area contributed by atoms with Gasteiger partial charge in [0.2, 0.25) is 5.91 Å². The van der Waals surface area contributed by atoms with Gasteiger partial charge in [0.15, 0.2) is 0 Å². The molecule has 0 saturated carbocycles. The van der Waals surface area contributed by atoms with Crippen LogP contribution in [0.2, 0.25) is 0 Å². The van der Waals surface area contributed by atoms with Gasteiger partial charge in [-0.1, -0.05) is 37.3 Å². The minimum atomic E-state index is -0.0151. The Morgan fingerprint density at radius 2 is 2.00 bits per heavy atom. The number of likely N-dealkylation sites (tertiary alicyclic amines) is 1. The van der Waals surface area contributed by atoms with Crippen molar-refractivity contribution in [2.75, 3.05) is 13.6 Å². The highest BCUT2D eigenvalue weighted by Gasteiger charge is 2.28. The minimum Gasteiger partial charge on any atom is -0.337 e. The third kappa shape index (κ3) is 3.10. The summed E-state index contributed by atoms with van der Waals surface area (Å²) in [6.07, 6.45) is 2.06. The zero-order chi connectivity index (χ0) is 13.0. The van der Waals surface area contributed by atoms with Crippen molar-refractivity contribution in [2.45, 2.75) is 32.4 Å². The SMILES string of the molecule is CNC1CCC(C)CN(Cc2ccccc2)C1=O. The number of amides is 1. The highest BCUT2D eigenvalue weighted by atomic mass is 16.2. The number of hydrogen-bond acceptors (Lipinski definition) is 2. The van der Waals surface area contributed by atoms with E-state index in [4.69, 9.17) is 0 Å². The lowest BCUT2D eigenvalue weighted by atomic mass is 10.0. The van der Waals surface area contributed by atoms with Gasteiger partial charge in [0.25, 0.3) is 0 Å². The van der Waals surface area contributed by atoms with Crippen LogP contribution in [0.4, 0.5) is 0 Å². The largest absolute Gasteiger partial charge is 0.337 e. The van der Waals surface area contributed by atoms with Crippen LogP contribution < -0.4 is 5.32 Å². The Hall–Kier alpha value is -1.35. The Morgan fingerprint density at radius 1 is 1.28 bits per heavy atom. The molecule has 0 radical (unpaired) electrons. The number of carbonyl (C=O) groups excluding carboxylic acids is 1. The molecule has 1 aromatic carbocycles. The number of benzene rings is 1. The summed E-state index contributed by atoms with van der Waals surface area (Å²) in [6, 6.07) is 10.2. The molecule has 2 unspecified atom stereocenters. The van der Waals surface area contributed by atoms with E-state index in [0.29, 0.717) is 5.92 Å². The molecular weight excluding hydrogens is 224 g/mol. The lowest BCUT2D eigenvalue weighted by molar-refractivity contribution is -0.133. The fourth-order valence-electron chi connectivity index (χ4n) is 2.57. The molecule has 1 aromatic rings. The van der Waals surface area contributed by atoms with E-state index in [2.05, 4.69) is 24.4 Å². The van der Waals surface area contributed by atoms with Crippen LogP contribution in [0.15, 0.2) is 30.3 Å². The van der Waals surface area contributed by atoms with E-state index in [9.17, 15) is 4.79 Å². The molecule has 1 heterocycles. The van der Waals surface area contributed by atoms with E-state index >= 15 is 0 Å². The molecular formula is C15H22N2O. The van der Waals surface area contributed by atoms with Crippen LogP contribution in [0.1, 0.15) is 25.3 Å². The normalized spacial score (nSPS) is 25.0. The van der Waals surface area contributed by atoms with Crippen LogP contribution in [0.25, 0.3) is 0 Å². The monoisotopic (exact) mass is 246 g/mol. The molecule has 0 spiro atoms. The first kappa shape index (κ1) is 13.1. The summed E-state index contributed by atoms with van der Waals surface area (Å²) in [5.41, 5.74) is 1.20. The second-order valence-electron chi connectivity index (χ2n) is 5.23. The van der Waals surface area contributed by atoms with Crippen molar-refractivity contribution in [3.63, 3.8) is 0 Å². The minimum absolute atomic E-state index is 0.0151. The van der Waals surface area contributed by atoms with Crippen molar-refractivity contribution in [1.82, 2.24) is 10.2 Å². The van der Waals surface area contributed by atoms with Crippen molar-refractivity contribution in [3.05, 3.63) is 35.9 Å². The Morgan fingerprint density at radius 3 is 2.67 bits per heavy atom. The topological polar surface area (TPSA) is 32.3 Å². The van der Waals surface area contributed by atoms with E-state index in [1.807, 2.05) is 30.1 Å². The van der Waals surface area contributed by atoms with E-state index in [-0.39, 0.29) is 11.9 Å². The predicted molar refractivity (Wildman–Crippen MR) is 73.1 cm³/mol. The van der Waals surface area contributed by atoms with E-state index in [0.717, 1.165) is 25.9 Å². The highest BCUT2D eigenvalue weighted by Crippen LogP contribution is 2.19. The number of carbonyl (C=O) groups is 1. The number of likely N-dealkylation sites (N-methyl/N-ethyl adjacent to an activating group) is 1. The summed E-state index contributed by atoms with van der Waals surface area (Å²) in [7, 11) is 1.87. The smallest absolute Gasteiger partial charge is 0.240 e. The third-order valence-corrected chi connectivity index (χ3v) is 3.65. The van der Waals surface area contributed by atoms with Crippen LogP contribution in [0.5, 0.6) is 0 Å². The first-order valence-electron chi connectivity index (χ1n) is 6.70. The maximum atomic E-state index is 12.4. The Balaban J connectivity index is 2.11. The van der Waals surface area contributed by atoms with E-state index in [1.165, 1.54) is 5.56 Å². The highest BCUT2D eigenvalue weighted by molar-refractivity contribution is 5.82. The molecule has 1 amide bonds. The van der Waals surface area contributed by atoms with Crippen LogP contribution in [-0.2, 0) is 11.3 Å². The van der Waals surface area contributed by atoms with E-state index in [1.54, 1.807) is 0 Å². The maximum Gasteiger partial charge on any atom is 0.240 e. The Bertz CT molecular complexity index is 391. The quantitative estimate of drug-likeness (QED) is 0.885. The summed E-state index contributed by atoms with van der Waals surface area (Å²) in [6.45, 7) is 3.82. The standard InChI is InChI=1S/C15H22N2O/c1-12-8-9-14(16-2)15(18)17(10-12)11-13-6-4-3-5-7-13/h3-7,12,14,16H,8-11H2,1-2H3. The van der Waals surface area contributed by atoms with Crippen molar-refractivity contribution < 1.29 is 4.79 Å². The fraction of sp³-hybridized carbons (Fsp3) is 0.533. The van der Waals surface area contributed by atoms with Gasteiger partial charge < -0.3 is 10.2 Å². The van der Waals surface area contributed by atoms with Crippen LogP contribution in [-0.4, -0.2) is 30.4 Å². The molecule has 0 aromatic heterocycles. The van der Waals surface area contributed by atoms with Crippen molar-refractivity contribution in [3.8, 4) is 0 Å². The average molecular weight is 246 g/mol. The fourth-order valence-corrected chi connectivity index (χ4v) is 2.57. The van der Waals surface area contributed by atoms with Crippen molar-refractivity contribution >= 4 is 5.91 Å². The van der Waals surface area contributed by atoms with Gasteiger partial charge in [-0.15, -0.1) is 0 Å². The van der Waals surface area contributed by atoms with Crippen LogP contribution >= 0.6 is 0 Å². The van der Waals surface area contributed by atoms with Gasteiger partial charge in [0.1, 0.15) is 0 Å². The second kappa shape index (κ2) is 6.01. The third-order valence-electron chi connectivity index (χ3n) is 3.65. The number of rotatable bonds is 3. The van der Waals surface area contributed by atoms with Gasteiger partial charge in [0, 0.05) is 13.1 Å². The molecule has 0 bridgehead atoms. The predicted octanol–water partition coefficient (Wildman–Crippen LogP) is 2.03. The van der Waals surface area contributed by atoms with Crippen molar-refractivity contribution in [2.24, 2.45) is 5.92 Å². The zero-order valence-corrected chi connectivity index (χ0v) is 11.2. The maximum absolute atomic E-state index is 12.4. The van der Waals surface area contributed by atoms with Crippen LogP contribution in [0, 0.1) is 5.92 Å². The van der Waals surface area contributed by atoms with Crippen LogP contribution in [0.3, 0.4) is 0 Å². The molecule has 98 valence electrons. The van der Waals surface area contributed by atoms with Gasteiger partial charge in [-0.25, -0.2) is 0 Å². The molecule has 1 N–H and O–H groups in total. The van der Waals surface area contributed by atoms with Gasteiger partial charge in [-0.05, 0) is 31.4 Å². The molecule has 18 heavy (non-hydrogen) atoms. The molecule has 2 atom stereocenters. The summed E-state index contributed by atoms with van der Waals surface area (Å²) < 4.78 is 0. The Kier molecular flexibility index (Phi) is 4.37. The lowest BCUT2D eigenvalue weighted by Crippen LogP contribution is -2.43. The van der Waals surface area contributed by atoms with Gasteiger partial charge in [-0.3, -0.25) is 4.79 Å². The number of nitrogens with one attached hydrogen (secondary N) is 1. The molecule has 0 aliphatic carbocycles. The lowest BCUT2D eigenvalue weighted by Gasteiger charge is -2.25. The first-order valence-corrected chi connectivity index (χ1v) is 6.70. The summed E-state index contributed by atoms with van der Waals surface area (Å²) in [5.74, 6) is 0.821. The molecule has 1 aliphatic rings. The summed E-state index contributed by atoms with van der Waals surface area (Å²) in [5, 5.41) is 3.14. The number of hydrogen-bond donors (Lipinski definition) is 1. The molecule has 1 fully saturated rings. The average Bonchev–Trinajstić information content (AvgIpc) is 2.51. The van der Waals surface area contributed by atoms with Crippen molar-refractivity contribution in [1.29, 1.82) is 0 Å². The number of nitrogens with zero attached hydrogens (tertiary/aromatic N) is 1. The first-order chi connectivity index (χ1) is 8.70.